The molecule has 3 nitrogen and oxygen atoms in total. The molecule has 0 saturated heterocycles. The van der Waals surface area contributed by atoms with Gasteiger partial charge in [-0.1, -0.05) is 18.2 Å². The standard InChI is InChI=1S/C13H15N3S/c1-9-5-3-4-6-12(9)17-13-15-10(2)7-11(8-14)16-13/h3-7H,8,14H2,1-2H3. The smallest absolute Gasteiger partial charge is 0.192 e. The maximum atomic E-state index is 5.61. The minimum atomic E-state index is 0.449. The largest absolute Gasteiger partial charge is 0.325 e. The number of aryl methyl sites for hydroxylation is 2. The van der Waals surface area contributed by atoms with Crippen LogP contribution in [0.1, 0.15) is 17.0 Å². The number of benzene rings is 1. The fraction of sp³-hybridized carbons (Fsp3) is 0.231. The van der Waals surface area contributed by atoms with Crippen molar-refractivity contribution in [2.45, 2.75) is 30.4 Å². The van der Waals surface area contributed by atoms with Crippen LogP contribution in [-0.4, -0.2) is 9.97 Å². The molecule has 0 atom stereocenters. The maximum Gasteiger partial charge on any atom is 0.192 e. The summed E-state index contributed by atoms with van der Waals surface area (Å²) < 4.78 is 0. The van der Waals surface area contributed by atoms with Crippen molar-refractivity contribution in [2.24, 2.45) is 5.73 Å². The number of rotatable bonds is 3. The highest BCUT2D eigenvalue weighted by Crippen LogP contribution is 2.27. The SMILES string of the molecule is Cc1cc(CN)nc(Sc2ccccc2C)n1. The molecule has 0 aliphatic carbocycles. The van der Waals surface area contributed by atoms with Gasteiger partial charge in [-0.05, 0) is 43.3 Å². The van der Waals surface area contributed by atoms with Gasteiger partial charge >= 0.3 is 0 Å². The molecule has 1 aromatic carbocycles. The van der Waals surface area contributed by atoms with Crippen LogP contribution in [0.3, 0.4) is 0 Å². The highest BCUT2D eigenvalue weighted by molar-refractivity contribution is 7.99. The summed E-state index contributed by atoms with van der Waals surface area (Å²) in [5, 5.41) is 0.764. The Morgan fingerprint density at radius 1 is 1.18 bits per heavy atom. The van der Waals surface area contributed by atoms with Crippen LogP contribution >= 0.6 is 11.8 Å². The molecule has 0 radical (unpaired) electrons. The van der Waals surface area contributed by atoms with Gasteiger partial charge in [0, 0.05) is 17.1 Å². The van der Waals surface area contributed by atoms with E-state index in [4.69, 9.17) is 5.73 Å². The summed E-state index contributed by atoms with van der Waals surface area (Å²) in [5.41, 5.74) is 8.68. The second kappa shape index (κ2) is 5.29. The van der Waals surface area contributed by atoms with Gasteiger partial charge < -0.3 is 5.73 Å². The molecule has 88 valence electrons. The lowest BCUT2D eigenvalue weighted by atomic mass is 10.2. The zero-order chi connectivity index (χ0) is 12.3. The number of aromatic nitrogens is 2. The van der Waals surface area contributed by atoms with Crippen molar-refractivity contribution in [3.8, 4) is 0 Å². The Labute approximate surface area is 105 Å². The first-order valence-electron chi connectivity index (χ1n) is 5.47. The van der Waals surface area contributed by atoms with Crippen LogP contribution in [0.5, 0.6) is 0 Å². The molecule has 0 aliphatic rings. The lowest BCUT2D eigenvalue weighted by Crippen LogP contribution is -2.02. The Hall–Kier alpha value is -1.39. The average molecular weight is 245 g/mol. The third-order valence-corrected chi connectivity index (χ3v) is 3.43. The topological polar surface area (TPSA) is 51.8 Å². The van der Waals surface area contributed by atoms with Gasteiger partial charge in [-0.3, -0.25) is 0 Å². The van der Waals surface area contributed by atoms with Crippen molar-refractivity contribution >= 4 is 11.8 Å². The highest BCUT2D eigenvalue weighted by atomic mass is 32.2. The molecule has 2 N–H and O–H groups in total. The third kappa shape index (κ3) is 3.05. The number of nitrogens with zero attached hydrogens (tertiary/aromatic N) is 2. The van der Waals surface area contributed by atoms with Crippen molar-refractivity contribution in [3.63, 3.8) is 0 Å². The van der Waals surface area contributed by atoms with E-state index in [-0.39, 0.29) is 0 Å². The maximum absolute atomic E-state index is 5.61. The molecule has 2 rings (SSSR count). The summed E-state index contributed by atoms with van der Waals surface area (Å²) in [6, 6.07) is 10.1. The van der Waals surface area contributed by atoms with Crippen LogP contribution in [0.4, 0.5) is 0 Å². The summed E-state index contributed by atoms with van der Waals surface area (Å²) in [7, 11) is 0. The van der Waals surface area contributed by atoms with Gasteiger partial charge in [-0.2, -0.15) is 0 Å². The Kier molecular flexibility index (Phi) is 3.76. The Bertz CT molecular complexity index is 526. The molecule has 0 unspecified atom stereocenters. The van der Waals surface area contributed by atoms with E-state index in [0.29, 0.717) is 6.54 Å². The fourth-order valence-corrected chi connectivity index (χ4v) is 2.45. The first kappa shape index (κ1) is 12.1. The molecule has 4 heteroatoms. The van der Waals surface area contributed by atoms with Crippen molar-refractivity contribution in [1.29, 1.82) is 0 Å². The quantitative estimate of drug-likeness (QED) is 0.845. The number of nitrogens with two attached hydrogens (primary N) is 1. The predicted molar refractivity (Wildman–Crippen MR) is 70.0 cm³/mol. The van der Waals surface area contributed by atoms with E-state index in [0.717, 1.165) is 16.5 Å². The zero-order valence-electron chi connectivity index (χ0n) is 9.97. The molecule has 0 bridgehead atoms. The minimum absolute atomic E-state index is 0.449. The molecule has 0 spiro atoms. The van der Waals surface area contributed by atoms with E-state index in [1.807, 2.05) is 25.1 Å². The molecule has 0 aliphatic heterocycles. The van der Waals surface area contributed by atoms with Gasteiger partial charge in [-0.15, -0.1) is 0 Å². The fourth-order valence-electron chi connectivity index (χ4n) is 1.52. The molecular formula is C13H15N3S. The molecule has 0 fully saturated rings. The van der Waals surface area contributed by atoms with Crippen LogP contribution in [-0.2, 0) is 6.54 Å². The third-order valence-electron chi connectivity index (χ3n) is 2.39. The molecule has 0 amide bonds. The first-order chi connectivity index (χ1) is 8.19. The summed E-state index contributed by atoms with van der Waals surface area (Å²) in [5.74, 6) is 0. The molecule has 17 heavy (non-hydrogen) atoms. The lowest BCUT2D eigenvalue weighted by molar-refractivity contribution is 0.854. The van der Waals surface area contributed by atoms with Crippen LogP contribution in [0.15, 0.2) is 40.4 Å². The van der Waals surface area contributed by atoms with E-state index < -0.39 is 0 Å². The second-order valence-electron chi connectivity index (χ2n) is 3.85. The van der Waals surface area contributed by atoms with Crippen molar-refractivity contribution in [1.82, 2.24) is 9.97 Å². The number of hydrogen-bond donors (Lipinski definition) is 1. The highest BCUT2D eigenvalue weighted by Gasteiger charge is 2.05. The van der Waals surface area contributed by atoms with Crippen molar-refractivity contribution in [3.05, 3.63) is 47.3 Å². The summed E-state index contributed by atoms with van der Waals surface area (Å²) in [6.07, 6.45) is 0. The van der Waals surface area contributed by atoms with E-state index >= 15 is 0 Å². The second-order valence-corrected chi connectivity index (χ2v) is 4.86. The van der Waals surface area contributed by atoms with Gasteiger partial charge in [0.15, 0.2) is 5.16 Å². The van der Waals surface area contributed by atoms with E-state index in [2.05, 4.69) is 29.0 Å². The van der Waals surface area contributed by atoms with Gasteiger partial charge in [-0.25, -0.2) is 9.97 Å². The summed E-state index contributed by atoms with van der Waals surface area (Å²) in [6.45, 7) is 4.50. The minimum Gasteiger partial charge on any atom is -0.325 e. The molecule has 2 aromatic rings. The molecular weight excluding hydrogens is 230 g/mol. The molecule has 0 saturated carbocycles. The van der Waals surface area contributed by atoms with Crippen LogP contribution < -0.4 is 5.73 Å². The van der Waals surface area contributed by atoms with E-state index in [1.165, 1.54) is 10.5 Å². The first-order valence-corrected chi connectivity index (χ1v) is 6.29. The van der Waals surface area contributed by atoms with Crippen LogP contribution in [0, 0.1) is 13.8 Å². The lowest BCUT2D eigenvalue weighted by Gasteiger charge is -2.06. The normalized spacial score (nSPS) is 10.5. The summed E-state index contributed by atoms with van der Waals surface area (Å²) in [4.78, 5) is 10.0. The van der Waals surface area contributed by atoms with Crippen molar-refractivity contribution < 1.29 is 0 Å². The number of hydrogen-bond acceptors (Lipinski definition) is 4. The van der Waals surface area contributed by atoms with Crippen LogP contribution in [0.2, 0.25) is 0 Å². The van der Waals surface area contributed by atoms with Gasteiger partial charge in [0.25, 0.3) is 0 Å². The Balaban J connectivity index is 2.30. The molecule has 1 aromatic heterocycles. The van der Waals surface area contributed by atoms with Gasteiger partial charge in [0.1, 0.15) is 0 Å². The van der Waals surface area contributed by atoms with E-state index in [1.54, 1.807) is 11.8 Å². The summed E-state index contributed by atoms with van der Waals surface area (Å²) >= 11 is 1.58. The van der Waals surface area contributed by atoms with Gasteiger partial charge in [0.2, 0.25) is 0 Å². The Morgan fingerprint density at radius 3 is 2.65 bits per heavy atom. The predicted octanol–water partition coefficient (Wildman–Crippen LogP) is 2.70. The van der Waals surface area contributed by atoms with Crippen LogP contribution in [0.25, 0.3) is 0 Å². The molecule has 1 heterocycles. The van der Waals surface area contributed by atoms with Gasteiger partial charge in [0.05, 0.1) is 5.69 Å². The monoisotopic (exact) mass is 245 g/mol. The van der Waals surface area contributed by atoms with E-state index in [9.17, 15) is 0 Å². The Morgan fingerprint density at radius 2 is 1.94 bits per heavy atom. The zero-order valence-corrected chi connectivity index (χ0v) is 10.8. The average Bonchev–Trinajstić information content (AvgIpc) is 2.31. The van der Waals surface area contributed by atoms with Crippen molar-refractivity contribution in [2.75, 3.05) is 0 Å².